The van der Waals surface area contributed by atoms with Gasteiger partial charge in [-0.05, 0) is 61.1 Å². The summed E-state index contributed by atoms with van der Waals surface area (Å²) in [6.45, 7) is 6.85. The van der Waals surface area contributed by atoms with E-state index in [1.54, 1.807) is 52.0 Å². The number of rotatable bonds is 4. The molecule has 3 N–H and O–H groups in total. The van der Waals surface area contributed by atoms with Crippen molar-refractivity contribution in [1.82, 2.24) is 14.1 Å². The van der Waals surface area contributed by atoms with Crippen LogP contribution in [0, 0.1) is 27.7 Å². The second-order valence-corrected chi connectivity index (χ2v) is 7.35. The van der Waals surface area contributed by atoms with Gasteiger partial charge in [0.25, 0.3) is 0 Å². The third-order valence-corrected chi connectivity index (χ3v) is 4.95. The van der Waals surface area contributed by atoms with Crippen molar-refractivity contribution in [2.45, 2.75) is 40.8 Å². The number of nitrogens with zero attached hydrogens (tertiary/aromatic N) is 2. The Morgan fingerprint density at radius 3 is 1.31 bits per heavy atom. The van der Waals surface area contributed by atoms with Crippen LogP contribution in [0.15, 0.2) is 38.6 Å². The van der Waals surface area contributed by atoms with Crippen LogP contribution in [0.2, 0.25) is 0 Å². The number of aromatic amines is 1. The predicted octanol–water partition coefficient (Wildman–Crippen LogP) is 1.44. The molecular weight excluding hydrogens is 374 g/mol. The molecule has 3 rings (SSSR count). The molecule has 1 heterocycles. The summed E-state index contributed by atoms with van der Waals surface area (Å²) in [7, 11) is 0. The zero-order valence-electron chi connectivity index (χ0n) is 16.7. The third kappa shape index (κ3) is 3.87. The fourth-order valence-corrected chi connectivity index (χ4v) is 3.46. The first-order valence-electron chi connectivity index (χ1n) is 9.10. The van der Waals surface area contributed by atoms with E-state index in [1.165, 1.54) is 0 Å². The van der Waals surface area contributed by atoms with Crippen molar-refractivity contribution in [3.05, 3.63) is 89.1 Å². The molecule has 0 aliphatic heterocycles. The Hall–Kier alpha value is -3.55. The molecule has 0 aliphatic rings. The zero-order chi connectivity index (χ0) is 21.5. The first-order valence-corrected chi connectivity index (χ1v) is 9.10. The van der Waals surface area contributed by atoms with Crippen LogP contribution in [0.1, 0.15) is 33.4 Å². The molecule has 0 unspecified atom stereocenters. The molecule has 8 heteroatoms. The Kier molecular flexibility index (Phi) is 5.19. The molecule has 0 radical (unpaired) electrons. The average molecular weight is 397 g/mol. The van der Waals surface area contributed by atoms with E-state index >= 15 is 0 Å². The van der Waals surface area contributed by atoms with E-state index in [1.807, 2.05) is 0 Å². The highest BCUT2D eigenvalue weighted by Crippen LogP contribution is 2.24. The zero-order valence-corrected chi connectivity index (χ0v) is 16.7. The van der Waals surface area contributed by atoms with E-state index in [2.05, 4.69) is 4.98 Å². The summed E-state index contributed by atoms with van der Waals surface area (Å²) in [6.07, 6.45) is 0. The van der Waals surface area contributed by atoms with Crippen LogP contribution in [0.5, 0.6) is 11.5 Å². The highest BCUT2D eigenvalue weighted by Gasteiger charge is 2.13. The Balaban J connectivity index is 2.07. The maximum absolute atomic E-state index is 12.9. The second-order valence-electron chi connectivity index (χ2n) is 7.35. The number of aryl methyl sites for hydroxylation is 4. The van der Waals surface area contributed by atoms with Crippen molar-refractivity contribution in [1.29, 1.82) is 0 Å². The maximum Gasteiger partial charge on any atom is 0.336 e. The maximum atomic E-state index is 12.9. The van der Waals surface area contributed by atoms with Gasteiger partial charge in [0, 0.05) is 0 Å². The minimum Gasteiger partial charge on any atom is -0.507 e. The highest BCUT2D eigenvalue weighted by molar-refractivity contribution is 5.43. The van der Waals surface area contributed by atoms with Crippen LogP contribution in [-0.4, -0.2) is 24.3 Å². The van der Waals surface area contributed by atoms with Gasteiger partial charge in [0.1, 0.15) is 11.5 Å². The first kappa shape index (κ1) is 20.2. The van der Waals surface area contributed by atoms with Gasteiger partial charge in [-0.25, -0.2) is 23.5 Å². The molecule has 0 bridgehead atoms. The normalized spacial score (nSPS) is 11.0. The van der Waals surface area contributed by atoms with E-state index < -0.39 is 17.1 Å². The number of phenolic OH excluding ortho intramolecular Hbond substituents is 2. The van der Waals surface area contributed by atoms with Gasteiger partial charge in [0.05, 0.1) is 13.1 Å². The Labute approximate surface area is 166 Å². The fourth-order valence-electron chi connectivity index (χ4n) is 3.46. The van der Waals surface area contributed by atoms with Crippen molar-refractivity contribution in [2.75, 3.05) is 0 Å². The fraction of sp³-hybridized carbons (Fsp3) is 0.286. The predicted molar refractivity (Wildman–Crippen MR) is 109 cm³/mol. The SMILES string of the molecule is Cc1cc(Cn2c(=O)[nH]c(=O)n(Cc3cc(C)c(O)c(C)c3)c2=O)cc(C)c1O. The molecule has 0 atom stereocenters. The van der Waals surface area contributed by atoms with Gasteiger partial charge in [0.2, 0.25) is 0 Å². The van der Waals surface area contributed by atoms with Gasteiger partial charge in [-0.3, -0.25) is 4.98 Å². The lowest BCUT2D eigenvalue weighted by Crippen LogP contribution is -2.49. The summed E-state index contributed by atoms with van der Waals surface area (Å²) >= 11 is 0. The molecule has 3 aromatic rings. The third-order valence-electron chi connectivity index (χ3n) is 4.95. The van der Waals surface area contributed by atoms with Crippen LogP contribution >= 0.6 is 0 Å². The van der Waals surface area contributed by atoms with Gasteiger partial charge in [-0.15, -0.1) is 0 Å². The first-order chi connectivity index (χ1) is 13.6. The lowest BCUT2D eigenvalue weighted by atomic mass is 10.1. The number of phenols is 2. The minimum atomic E-state index is -0.794. The van der Waals surface area contributed by atoms with Crippen LogP contribution in [0.4, 0.5) is 0 Å². The molecule has 0 saturated carbocycles. The molecule has 0 spiro atoms. The summed E-state index contributed by atoms with van der Waals surface area (Å²) in [5.41, 5.74) is 1.53. The number of hydrogen-bond donors (Lipinski definition) is 3. The molecule has 0 saturated heterocycles. The molecule has 8 nitrogen and oxygen atoms in total. The number of aromatic hydroxyl groups is 2. The van der Waals surface area contributed by atoms with Crippen LogP contribution in [0.25, 0.3) is 0 Å². The van der Waals surface area contributed by atoms with Crippen LogP contribution in [-0.2, 0) is 13.1 Å². The van der Waals surface area contributed by atoms with E-state index in [0.29, 0.717) is 33.4 Å². The molecule has 29 heavy (non-hydrogen) atoms. The van der Waals surface area contributed by atoms with Crippen LogP contribution < -0.4 is 17.1 Å². The minimum absolute atomic E-state index is 0.0377. The van der Waals surface area contributed by atoms with E-state index in [4.69, 9.17) is 0 Å². The molecule has 152 valence electrons. The summed E-state index contributed by atoms with van der Waals surface area (Å²) < 4.78 is 1.90. The number of aromatic nitrogens is 3. The Bertz CT molecular complexity index is 1140. The summed E-state index contributed by atoms with van der Waals surface area (Å²) in [4.78, 5) is 39.6. The highest BCUT2D eigenvalue weighted by atomic mass is 16.3. The summed E-state index contributed by atoms with van der Waals surface area (Å²) in [5, 5.41) is 19.8. The van der Waals surface area contributed by atoms with Crippen molar-refractivity contribution in [3.8, 4) is 11.5 Å². The molecule has 0 amide bonds. The number of nitrogens with one attached hydrogen (secondary N) is 1. The van der Waals surface area contributed by atoms with Crippen LogP contribution in [0.3, 0.4) is 0 Å². The Morgan fingerprint density at radius 2 is 1.00 bits per heavy atom. The van der Waals surface area contributed by atoms with Crippen molar-refractivity contribution in [2.24, 2.45) is 0 Å². The quantitative estimate of drug-likeness (QED) is 0.616. The lowest BCUT2D eigenvalue weighted by Gasteiger charge is -2.12. The van der Waals surface area contributed by atoms with Crippen molar-refractivity contribution in [3.63, 3.8) is 0 Å². The standard InChI is InChI=1S/C21H23N3O5/c1-11-5-15(6-12(2)17(11)25)9-23-19(27)22-20(28)24(21(23)29)10-16-7-13(3)18(26)14(4)8-16/h5-8,25-26H,9-10H2,1-4H3,(H,22,27,28). The smallest absolute Gasteiger partial charge is 0.336 e. The largest absolute Gasteiger partial charge is 0.507 e. The van der Waals surface area contributed by atoms with Gasteiger partial charge >= 0.3 is 17.1 Å². The van der Waals surface area contributed by atoms with Crippen molar-refractivity contribution >= 4 is 0 Å². The van der Waals surface area contributed by atoms with E-state index in [-0.39, 0.29) is 24.6 Å². The average Bonchev–Trinajstić information content (AvgIpc) is 2.64. The number of hydrogen-bond acceptors (Lipinski definition) is 5. The molecule has 2 aromatic carbocycles. The molecule has 0 aliphatic carbocycles. The topological polar surface area (TPSA) is 117 Å². The number of H-pyrrole nitrogens is 1. The van der Waals surface area contributed by atoms with Gasteiger partial charge in [-0.2, -0.15) is 0 Å². The van der Waals surface area contributed by atoms with Gasteiger partial charge in [0.15, 0.2) is 0 Å². The van der Waals surface area contributed by atoms with Gasteiger partial charge < -0.3 is 10.2 Å². The summed E-state index contributed by atoms with van der Waals surface area (Å²) in [5.74, 6) is 0.330. The summed E-state index contributed by atoms with van der Waals surface area (Å²) in [6, 6.07) is 6.76. The number of benzene rings is 2. The molecule has 1 aromatic heterocycles. The van der Waals surface area contributed by atoms with Crippen molar-refractivity contribution < 1.29 is 10.2 Å². The monoisotopic (exact) mass is 397 g/mol. The molecular formula is C21H23N3O5. The van der Waals surface area contributed by atoms with E-state index in [0.717, 1.165) is 9.13 Å². The second kappa shape index (κ2) is 7.46. The lowest BCUT2D eigenvalue weighted by molar-refractivity contribution is 0.466. The van der Waals surface area contributed by atoms with E-state index in [9.17, 15) is 24.6 Å². The molecule has 0 fully saturated rings. The van der Waals surface area contributed by atoms with Gasteiger partial charge in [-0.1, -0.05) is 24.3 Å². The Morgan fingerprint density at radius 1 is 0.690 bits per heavy atom.